The van der Waals surface area contributed by atoms with Crippen LogP contribution in [0, 0.1) is 4.84 Å². The molecule has 2 rings (SSSR count). The second-order valence-electron chi connectivity index (χ2n) is 2.94. The standard InChI is InChI=1S/C8H2BrClF3NO2S/c9-2-1-3(10)6(16-8(11,12)13)4-5(2)15-7(17)14-4/h1H,(H,14,17). The van der Waals surface area contributed by atoms with Gasteiger partial charge in [-0.15, -0.1) is 13.2 Å². The molecule has 0 fully saturated rings. The van der Waals surface area contributed by atoms with Gasteiger partial charge in [0.1, 0.15) is 5.52 Å². The molecule has 1 N–H and O–H groups in total. The van der Waals surface area contributed by atoms with Crippen LogP contribution in [0.5, 0.6) is 5.75 Å². The van der Waals surface area contributed by atoms with Crippen molar-refractivity contribution in [1.29, 1.82) is 0 Å². The van der Waals surface area contributed by atoms with Crippen LogP contribution in [0.25, 0.3) is 11.1 Å². The Labute approximate surface area is 111 Å². The Kier molecular flexibility index (Phi) is 3.13. The third-order valence-electron chi connectivity index (χ3n) is 1.78. The maximum Gasteiger partial charge on any atom is 0.573 e. The van der Waals surface area contributed by atoms with E-state index in [0.717, 1.165) is 0 Å². The Bertz CT molecular complexity index is 636. The number of aromatic nitrogens is 1. The molecule has 1 heterocycles. The summed E-state index contributed by atoms with van der Waals surface area (Å²) in [6, 6.07) is 1.23. The van der Waals surface area contributed by atoms with Crippen molar-refractivity contribution in [3.05, 3.63) is 20.4 Å². The van der Waals surface area contributed by atoms with Gasteiger partial charge in [-0.05, 0) is 34.2 Å². The highest BCUT2D eigenvalue weighted by Crippen LogP contribution is 2.40. The number of halogens is 5. The molecular formula is C8H2BrClF3NO2S. The molecule has 0 bridgehead atoms. The number of fused-ring (bicyclic) bond motifs is 1. The third kappa shape index (κ3) is 2.58. The van der Waals surface area contributed by atoms with Crippen LogP contribution in [0.2, 0.25) is 5.02 Å². The van der Waals surface area contributed by atoms with Gasteiger partial charge in [0.25, 0.3) is 4.84 Å². The SMILES string of the molecule is FC(F)(F)Oc1c(Cl)cc(Br)c2oc(=S)[nH]c12. The summed E-state index contributed by atoms with van der Waals surface area (Å²) in [5, 5.41) is -0.214. The monoisotopic (exact) mass is 347 g/mol. The van der Waals surface area contributed by atoms with Gasteiger partial charge in [0.2, 0.25) is 0 Å². The molecule has 0 aliphatic carbocycles. The van der Waals surface area contributed by atoms with Crippen LogP contribution in [-0.2, 0) is 0 Å². The molecule has 92 valence electrons. The maximum absolute atomic E-state index is 12.2. The first-order valence-corrected chi connectivity index (χ1v) is 5.62. The van der Waals surface area contributed by atoms with Crippen molar-refractivity contribution in [3.8, 4) is 5.75 Å². The van der Waals surface area contributed by atoms with Gasteiger partial charge >= 0.3 is 6.36 Å². The van der Waals surface area contributed by atoms with Gasteiger partial charge in [0, 0.05) is 0 Å². The van der Waals surface area contributed by atoms with Crippen LogP contribution >= 0.6 is 39.7 Å². The molecule has 0 atom stereocenters. The molecule has 0 saturated carbocycles. The Morgan fingerprint density at radius 2 is 2.12 bits per heavy atom. The van der Waals surface area contributed by atoms with E-state index in [2.05, 4.69) is 25.7 Å². The van der Waals surface area contributed by atoms with E-state index in [1.54, 1.807) is 0 Å². The number of oxazole rings is 1. The topological polar surface area (TPSA) is 38.2 Å². The van der Waals surface area contributed by atoms with E-state index in [9.17, 15) is 13.2 Å². The van der Waals surface area contributed by atoms with E-state index in [-0.39, 0.29) is 21.0 Å². The fraction of sp³-hybridized carbons (Fsp3) is 0.125. The first kappa shape index (κ1) is 12.7. The average molecular weight is 349 g/mol. The number of hydrogen-bond acceptors (Lipinski definition) is 3. The van der Waals surface area contributed by atoms with Crippen molar-refractivity contribution >= 4 is 50.8 Å². The fourth-order valence-electron chi connectivity index (χ4n) is 1.23. The molecule has 1 aromatic heterocycles. The molecule has 0 saturated heterocycles. The molecule has 9 heteroatoms. The minimum Gasteiger partial charge on any atom is -0.428 e. The summed E-state index contributed by atoms with van der Waals surface area (Å²) in [5.74, 6) is -0.572. The summed E-state index contributed by atoms with van der Waals surface area (Å²) in [6.07, 6.45) is -4.85. The lowest BCUT2D eigenvalue weighted by atomic mass is 10.3. The van der Waals surface area contributed by atoms with Crippen molar-refractivity contribution < 1.29 is 22.3 Å². The Morgan fingerprint density at radius 1 is 1.47 bits per heavy atom. The van der Waals surface area contributed by atoms with E-state index < -0.39 is 12.1 Å². The maximum atomic E-state index is 12.2. The highest BCUT2D eigenvalue weighted by atomic mass is 79.9. The molecule has 0 aliphatic heterocycles. The van der Waals surface area contributed by atoms with E-state index in [0.29, 0.717) is 4.47 Å². The number of ether oxygens (including phenoxy) is 1. The van der Waals surface area contributed by atoms with Crippen molar-refractivity contribution in [1.82, 2.24) is 4.98 Å². The van der Waals surface area contributed by atoms with Gasteiger partial charge in [-0.25, -0.2) is 0 Å². The highest BCUT2D eigenvalue weighted by molar-refractivity contribution is 9.10. The van der Waals surface area contributed by atoms with E-state index in [1.165, 1.54) is 6.07 Å². The number of hydrogen-bond donors (Lipinski definition) is 1. The summed E-state index contributed by atoms with van der Waals surface area (Å²) < 4.78 is 45.8. The number of H-pyrrole nitrogens is 1. The minimum absolute atomic E-state index is 0.0494. The molecule has 2 aromatic rings. The molecule has 0 amide bonds. The average Bonchev–Trinajstić information content (AvgIpc) is 2.53. The van der Waals surface area contributed by atoms with Gasteiger partial charge in [-0.3, -0.25) is 0 Å². The van der Waals surface area contributed by atoms with Crippen LogP contribution in [0.4, 0.5) is 13.2 Å². The number of rotatable bonds is 1. The van der Waals surface area contributed by atoms with E-state index in [4.69, 9.17) is 28.2 Å². The number of benzene rings is 1. The van der Waals surface area contributed by atoms with Crippen LogP contribution in [0.1, 0.15) is 0 Å². The summed E-state index contributed by atoms with van der Waals surface area (Å²) in [4.78, 5) is 2.37. The Hall–Kier alpha value is -0.730. The third-order valence-corrected chi connectivity index (χ3v) is 2.84. The quantitative estimate of drug-likeness (QED) is 0.752. The fourth-order valence-corrected chi connectivity index (χ4v) is 2.30. The zero-order valence-electron chi connectivity index (χ0n) is 7.69. The predicted octanol–water partition coefficient (Wildman–Crippen LogP) is 4.80. The van der Waals surface area contributed by atoms with E-state index in [1.807, 2.05) is 0 Å². The van der Waals surface area contributed by atoms with Crippen LogP contribution < -0.4 is 4.74 Å². The summed E-state index contributed by atoms with van der Waals surface area (Å²) in [6.45, 7) is 0. The second kappa shape index (κ2) is 4.18. The molecule has 0 aliphatic rings. The Morgan fingerprint density at radius 3 is 2.71 bits per heavy atom. The molecule has 0 unspecified atom stereocenters. The minimum atomic E-state index is -4.85. The smallest absolute Gasteiger partial charge is 0.428 e. The summed E-state index contributed by atoms with van der Waals surface area (Å²) in [7, 11) is 0. The summed E-state index contributed by atoms with van der Waals surface area (Å²) >= 11 is 13.5. The first-order chi connectivity index (χ1) is 7.78. The van der Waals surface area contributed by atoms with Crippen LogP contribution in [-0.4, -0.2) is 11.3 Å². The molecule has 17 heavy (non-hydrogen) atoms. The Balaban J connectivity index is 2.73. The first-order valence-electron chi connectivity index (χ1n) is 4.04. The summed E-state index contributed by atoms with van der Waals surface area (Å²) in [5.41, 5.74) is 0.0605. The van der Waals surface area contributed by atoms with Gasteiger partial charge in [0.05, 0.1) is 9.50 Å². The number of aromatic amines is 1. The number of nitrogens with one attached hydrogen (secondary N) is 1. The molecular weight excluding hydrogens is 347 g/mol. The number of alkyl halides is 3. The normalized spacial score (nSPS) is 12.1. The zero-order chi connectivity index (χ0) is 12.8. The van der Waals surface area contributed by atoms with E-state index >= 15 is 0 Å². The largest absolute Gasteiger partial charge is 0.573 e. The van der Waals surface area contributed by atoms with Gasteiger partial charge in [-0.2, -0.15) is 0 Å². The predicted molar refractivity (Wildman–Crippen MR) is 60.8 cm³/mol. The lowest BCUT2D eigenvalue weighted by Gasteiger charge is -2.11. The van der Waals surface area contributed by atoms with Crippen molar-refractivity contribution in [2.24, 2.45) is 0 Å². The van der Waals surface area contributed by atoms with Crippen LogP contribution in [0.3, 0.4) is 0 Å². The zero-order valence-corrected chi connectivity index (χ0v) is 10.9. The van der Waals surface area contributed by atoms with Gasteiger partial charge in [0.15, 0.2) is 11.3 Å². The lowest BCUT2D eigenvalue weighted by Crippen LogP contribution is -2.17. The lowest BCUT2D eigenvalue weighted by molar-refractivity contribution is -0.274. The van der Waals surface area contributed by atoms with Crippen molar-refractivity contribution in [3.63, 3.8) is 0 Å². The second-order valence-corrected chi connectivity index (χ2v) is 4.57. The molecule has 3 nitrogen and oxygen atoms in total. The van der Waals surface area contributed by atoms with Crippen molar-refractivity contribution in [2.45, 2.75) is 6.36 Å². The van der Waals surface area contributed by atoms with Crippen molar-refractivity contribution in [2.75, 3.05) is 0 Å². The van der Waals surface area contributed by atoms with Gasteiger partial charge < -0.3 is 14.1 Å². The van der Waals surface area contributed by atoms with Crippen LogP contribution in [0.15, 0.2) is 15.0 Å². The molecule has 0 radical (unpaired) electrons. The highest BCUT2D eigenvalue weighted by Gasteiger charge is 2.33. The molecule has 1 aromatic carbocycles. The molecule has 0 spiro atoms. The van der Waals surface area contributed by atoms with Gasteiger partial charge in [-0.1, -0.05) is 11.6 Å².